The molecule has 2 aromatic carbocycles. The summed E-state index contributed by atoms with van der Waals surface area (Å²) in [5, 5.41) is 4.60. The van der Waals surface area contributed by atoms with Crippen LogP contribution in [-0.4, -0.2) is 6.54 Å². The van der Waals surface area contributed by atoms with Crippen LogP contribution in [0.15, 0.2) is 48.5 Å². The van der Waals surface area contributed by atoms with E-state index in [0.717, 1.165) is 18.0 Å². The van der Waals surface area contributed by atoms with Crippen molar-refractivity contribution in [3.8, 4) is 0 Å². The minimum absolute atomic E-state index is 0.308. The Bertz CT molecular complexity index is 608. The molecule has 2 atom stereocenters. The number of fused-ring (bicyclic) bond motifs is 1. The molecule has 0 radical (unpaired) electrons. The van der Waals surface area contributed by atoms with Crippen molar-refractivity contribution >= 4 is 11.6 Å². The van der Waals surface area contributed by atoms with Gasteiger partial charge in [-0.1, -0.05) is 61.0 Å². The van der Waals surface area contributed by atoms with Crippen molar-refractivity contribution in [3.63, 3.8) is 0 Å². The molecule has 110 valence electrons. The smallest absolute Gasteiger partial charge is 0.0454 e. The van der Waals surface area contributed by atoms with Crippen molar-refractivity contribution in [3.05, 3.63) is 70.2 Å². The zero-order valence-electron chi connectivity index (χ0n) is 12.5. The Morgan fingerprint density at radius 2 is 1.90 bits per heavy atom. The Morgan fingerprint density at radius 3 is 2.71 bits per heavy atom. The number of hydrogen-bond donors (Lipinski definition) is 1. The molecule has 1 aliphatic rings. The van der Waals surface area contributed by atoms with Gasteiger partial charge in [0.15, 0.2) is 0 Å². The Morgan fingerprint density at radius 1 is 1.14 bits per heavy atom. The van der Waals surface area contributed by atoms with Crippen molar-refractivity contribution < 1.29 is 0 Å². The summed E-state index contributed by atoms with van der Waals surface area (Å²) in [5.41, 5.74) is 4.22. The van der Waals surface area contributed by atoms with Gasteiger partial charge in [-0.3, -0.25) is 0 Å². The van der Waals surface area contributed by atoms with Crippen molar-refractivity contribution in [2.45, 2.75) is 38.1 Å². The fourth-order valence-corrected chi connectivity index (χ4v) is 3.69. The van der Waals surface area contributed by atoms with Crippen LogP contribution in [-0.2, 0) is 6.42 Å². The Balaban J connectivity index is 1.96. The summed E-state index contributed by atoms with van der Waals surface area (Å²) in [7, 11) is 0. The van der Waals surface area contributed by atoms with E-state index in [-0.39, 0.29) is 0 Å². The van der Waals surface area contributed by atoms with Gasteiger partial charge in [0.05, 0.1) is 0 Å². The Labute approximate surface area is 132 Å². The molecule has 1 nitrogen and oxygen atoms in total. The lowest BCUT2D eigenvalue weighted by atomic mass is 9.88. The highest BCUT2D eigenvalue weighted by atomic mass is 35.5. The second-order valence-corrected chi connectivity index (χ2v) is 6.20. The molecule has 3 rings (SSSR count). The lowest BCUT2D eigenvalue weighted by molar-refractivity contribution is 0.443. The highest BCUT2D eigenvalue weighted by Crippen LogP contribution is 2.43. The van der Waals surface area contributed by atoms with Gasteiger partial charge >= 0.3 is 0 Å². The van der Waals surface area contributed by atoms with Crippen LogP contribution in [0, 0.1) is 0 Å². The molecule has 0 heterocycles. The zero-order chi connectivity index (χ0) is 14.7. The molecule has 0 saturated heterocycles. The van der Waals surface area contributed by atoms with E-state index in [2.05, 4.69) is 48.6 Å². The molecule has 0 aliphatic heterocycles. The number of hydrogen-bond acceptors (Lipinski definition) is 1. The number of nitrogens with one attached hydrogen (secondary N) is 1. The van der Waals surface area contributed by atoms with Gasteiger partial charge in [-0.25, -0.2) is 0 Å². The SMILES string of the molecule is CCCNC(c1ccccc1Cl)C1CCc2ccccc21. The van der Waals surface area contributed by atoms with E-state index >= 15 is 0 Å². The highest BCUT2D eigenvalue weighted by molar-refractivity contribution is 6.31. The molecule has 0 spiro atoms. The van der Waals surface area contributed by atoms with Crippen molar-refractivity contribution in [2.24, 2.45) is 0 Å². The summed E-state index contributed by atoms with van der Waals surface area (Å²) < 4.78 is 0. The van der Waals surface area contributed by atoms with E-state index < -0.39 is 0 Å². The van der Waals surface area contributed by atoms with Gasteiger partial charge in [0.25, 0.3) is 0 Å². The maximum absolute atomic E-state index is 6.46. The molecule has 0 amide bonds. The van der Waals surface area contributed by atoms with Crippen LogP contribution in [0.4, 0.5) is 0 Å². The lowest BCUT2D eigenvalue weighted by Gasteiger charge is -2.27. The molecule has 2 aromatic rings. The molecule has 2 heteroatoms. The minimum atomic E-state index is 0.308. The third kappa shape index (κ3) is 3.00. The van der Waals surface area contributed by atoms with Crippen LogP contribution in [0.5, 0.6) is 0 Å². The average molecular weight is 300 g/mol. The van der Waals surface area contributed by atoms with E-state index in [9.17, 15) is 0 Å². The summed E-state index contributed by atoms with van der Waals surface area (Å²) in [6, 6.07) is 17.4. The average Bonchev–Trinajstić information content (AvgIpc) is 2.93. The molecule has 1 N–H and O–H groups in total. The number of benzene rings is 2. The predicted molar refractivity (Wildman–Crippen MR) is 90.0 cm³/mol. The molecule has 2 unspecified atom stereocenters. The van der Waals surface area contributed by atoms with Crippen LogP contribution in [0.3, 0.4) is 0 Å². The van der Waals surface area contributed by atoms with Gasteiger partial charge in [0.2, 0.25) is 0 Å². The van der Waals surface area contributed by atoms with Crippen molar-refractivity contribution in [1.82, 2.24) is 5.32 Å². The number of aryl methyl sites for hydroxylation is 1. The fourth-order valence-electron chi connectivity index (χ4n) is 3.43. The first-order chi connectivity index (χ1) is 10.3. The lowest BCUT2D eigenvalue weighted by Crippen LogP contribution is -2.27. The zero-order valence-corrected chi connectivity index (χ0v) is 13.2. The second kappa shape index (κ2) is 6.64. The monoisotopic (exact) mass is 299 g/mol. The fraction of sp³-hybridized carbons (Fsp3) is 0.368. The molecule has 0 bridgehead atoms. The summed E-state index contributed by atoms with van der Waals surface area (Å²) in [5.74, 6) is 0.521. The van der Waals surface area contributed by atoms with Crippen LogP contribution in [0.2, 0.25) is 5.02 Å². The van der Waals surface area contributed by atoms with E-state index in [1.807, 2.05) is 12.1 Å². The van der Waals surface area contributed by atoms with Gasteiger partial charge in [-0.15, -0.1) is 0 Å². The Kier molecular flexibility index (Phi) is 4.62. The van der Waals surface area contributed by atoms with Gasteiger partial charge in [0, 0.05) is 17.0 Å². The van der Waals surface area contributed by atoms with Gasteiger partial charge in [0.1, 0.15) is 0 Å². The topological polar surface area (TPSA) is 12.0 Å². The van der Waals surface area contributed by atoms with Gasteiger partial charge < -0.3 is 5.32 Å². The number of halogens is 1. The van der Waals surface area contributed by atoms with Crippen LogP contribution in [0.1, 0.15) is 48.4 Å². The van der Waals surface area contributed by atoms with Crippen LogP contribution >= 0.6 is 11.6 Å². The maximum atomic E-state index is 6.46. The van der Waals surface area contributed by atoms with Crippen LogP contribution < -0.4 is 5.32 Å². The third-order valence-electron chi connectivity index (χ3n) is 4.44. The summed E-state index contributed by atoms with van der Waals surface area (Å²) in [4.78, 5) is 0. The van der Waals surface area contributed by atoms with E-state index in [4.69, 9.17) is 11.6 Å². The molecule has 0 saturated carbocycles. The van der Waals surface area contributed by atoms with E-state index in [1.165, 1.54) is 29.5 Å². The summed E-state index contributed by atoms with van der Waals surface area (Å²) in [6.07, 6.45) is 3.51. The van der Waals surface area contributed by atoms with Crippen molar-refractivity contribution in [2.75, 3.05) is 6.54 Å². The molecule has 21 heavy (non-hydrogen) atoms. The van der Waals surface area contributed by atoms with Gasteiger partial charge in [-0.05, 0) is 48.6 Å². The first-order valence-corrected chi connectivity index (χ1v) is 8.24. The molecule has 0 fully saturated rings. The van der Waals surface area contributed by atoms with Crippen LogP contribution in [0.25, 0.3) is 0 Å². The van der Waals surface area contributed by atoms with E-state index in [1.54, 1.807) is 0 Å². The molecular weight excluding hydrogens is 278 g/mol. The highest BCUT2D eigenvalue weighted by Gasteiger charge is 2.31. The first-order valence-electron chi connectivity index (χ1n) is 7.87. The largest absolute Gasteiger partial charge is 0.309 e. The van der Waals surface area contributed by atoms with E-state index in [0.29, 0.717) is 12.0 Å². The minimum Gasteiger partial charge on any atom is -0.309 e. The first kappa shape index (κ1) is 14.6. The predicted octanol–water partition coefficient (Wildman–Crippen LogP) is 5.11. The Hall–Kier alpha value is -1.31. The molecule has 1 aliphatic carbocycles. The second-order valence-electron chi connectivity index (χ2n) is 5.80. The summed E-state index contributed by atoms with van der Waals surface area (Å²) in [6.45, 7) is 3.23. The molecule has 0 aromatic heterocycles. The quantitative estimate of drug-likeness (QED) is 0.809. The maximum Gasteiger partial charge on any atom is 0.0454 e. The summed E-state index contributed by atoms with van der Waals surface area (Å²) >= 11 is 6.46. The standard InChI is InChI=1S/C19H22ClN/c1-2-13-21-19(17-9-5-6-10-18(17)20)16-12-11-14-7-3-4-8-15(14)16/h3-10,16,19,21H,2,11-13H2,1H3. The molecular formula is C19H22ClN. The van der Waals surface area contributed by atoms with Gasteiger partial charge in [-0.2, -0.15) is 0 Å². The third-order valence-corrected chi connectivity index (χ3v) is 4.78. The normalized spacial score (nSPS) is 18.5. The van der Waals surface area contributed by atoms with Crippen molar-refractivity contribution in [1.29, 1.82) is 0 Å². The number of rotatable bonds is 5.